The third kappa shape index (κ3) is 3.51. The number of carbonyl (C=O) groups is 1. The first kappa shape index (κ1) is 17.4. The molecule has 3 rings (SSSR count). The summed E-state index contributed by atoms with van der Waals surface area (Å²) in [5, 5.41) is 4.81. The molecule has 0 bridgehead atoms. The Morgan fingerprint density at radius 3 is 2.56 bits per heavy atom. The quantitative estimate of drug-likeness (QED) is 0.790. The lowest BCUT2D eigenvalue weighted by Crippen LogP contribution is -2.49. The molecule has 0 spiro atoms. The van der Waals surface area contributed by atoms with Crippen molar-refractivity contribution in [2.24, 2.45) is 0 Å². The molecule has 0 radical (unpaired) electrons. The summed E-state index contributed by atoms with van der Waals surface area (Å²) in [7, 11) is 1.39. The number of esters is 1. The Labute approximate surface area is 145 Å². The second-order valence-corrected chi connectivity index (χ2v) is 7.19. The number of hydrogen-bond acceptors (Lipinski definition) is 7. The molecule has 2 aromatic heterocycles. The average molecular weight is 348 g/mol. The highest BCUT2D eigenvalue weighted by molar-refractivity contribution is 5.75. The molecule has 1 aliphatic rings. The predicted molar refractivity (Wildman–Crippen MR) is 93.8 cm³/mol. The van der Waals surface area contributed by atoms with Crippen LogP contribution in [0.3, 0.4) is 0 Å². The van der Waals surface area contributed by atoms with Gasteiger partial charge in [0.25, 0.3) is 5.56 Å². The Morgan fingerprint density at radius 2 is 1.96 bits per heavy atom. The lowest BCUT2D eigenvalue weighted by molar-refractivity contribution is -0.142. The minimum atomic E-state index is -0.265. The fraction of sp³-hybridized carbons (Fsp3) is 0.625. The summed E-state index contributed by atoms with van der Waals surface area (Å²) in [6.45, 7) is 9.10. The SMILES string of the molecule is COC(=O)CN1CCN(c2nc3c(cnn3C(C)(C)C)c(=O)[nH]2)CC1. The molecule has 2 aromatic rings. The molecule has 0 aliphatic carbocycles. The number of rotatable bonds is 3. The van der Waals surface area contributed by atoms with E-state index in [1.54, 1.807) is 10.9 Å². The first-order chi connectivity index (χ1) is 11.8. The highest BCUT2D eigenvalue weighted by atomic mass is 16.5. The van der Waals surface area contributed by atoms with Gasteiger partial charge in [-0.15, -0.1) is 0 Å². The topological polar surface area (TPSA) is 96.3 Å². The molecule has 0 amide bonds. The predicted octanol–water partition coefficient (Wildman–Crippen LogP) is 0.170. The number of nitrogens with zero attached hydrogens (tertiary/aromatic N) is 5. The van der Waals surface area contributed by atoms with E-state index in [1.807, 2.05) is 30.6 Å². The number of piperazine rings is 1. The van der Waals surface area contributed by atoms with Crippen LogP contribution in [0.5, 0.6) is 0 Å². The first-order valence-corrected chi connectivity index (χ1v) is 8.32. The second kappa shape index (κ2) is 6.47. The molecule has 0 aromatic carbocycles. The summed E-state index contributed by atoms with van der Waals surface area (Å²) in [5.74, 6) is 0.302. The van der Waals surface area contributed by atoms with Gasteiger partial charge in [-0.2, -0.15) is 10.1 Å². The van der Waals surface area contributed by atoms with Crippen LogP contribution in [0.25, 0.3) is 11.0 Å². The third-order valence-corrected chi connectivity index (χ3v) is 4.31. The maximum absolute atomic E-state index is 12.4. The van der Waals surface area contributed by atoms with Gasteiger partial charge in [-0.1, -0.05) is 0 Å². The summed E-state index contributed by atoms with van der Waals surface area (Å²) >= 11 is 0. The van der Waals surface area contributed by atoms with Crippen molar-refractivity contribution >= 4 is 23.0 Å². The lowest BCUT2D eigenvalue weighted by Gasteiger charge is -2.34. The Balaban J connectivity index is 1.83. The summed E-state index contributed by atoms with van der Waals surface area (Å²) in [6.07, 6.45) is 1.56. The first-order valence-electron chi connectivity index (χ1n) is 8.32. The van der Waals surface area contributed by atoms with Gasteiger partial charge in [0.1, 0.15) is 5.39 Å². The van der Waals surface area contributed by atoms with Crippen molar-refractivity contribution in [1.29, 1.82) is 0 Å². The van der Waals surface area contributed by atoms with Gasteiger partial charge in [-0.25, -0.2) is 4.68 Å². The van der Waals surface area contributed by atoms with E-state index >= 15 is 0 Å². The number of H-pyrrole nitrogens is 1. The molecule has 0 unspecified atom stereocenters. The maximum atomic E-state index is 12.4. The van der Waals surface area contributed by atoms with E-state index in [2.05, 4.69) is 15.1 Å². The van der Waals surface area contributed by atoms with Gasteiger partial charge in [0.15, 0.2) is 5.65 Å². The number of nitrogens with one attached hydrogen (secondary N) is 1. The fourth-order valence-electron chi connectivity index (χ4n) is 2.91. The fourth-order valence-corrected chi connectivity index (χ4v) is 2.91. The third-order valence-electron chi connectivity index (χ3n) is 4.31. The second-order valence-electron chi connectivity index (χ2n) is 7.19. The minimum Gasteiger partial charge on any atom is -0.468 e. The Hall–Kier alpha value is -2.42. The number of hydrogen-bond donors (Lipinski definition) is 1. The Bertz CT molecular complexity index is 826. The smallest absolute Gasteiger partial charge is 0.319 e. The van der Waals surface area contributed by atoms with Crippen LogP contribution in [-0.2, 0) is 15.1 Å². The van der Waals surface area contributed by atoms with E-state index in [0.717, 1.165) is 0 Å². The van der Waals surface area contributed by atoms with E-state index < -0.39 is 0 Å². The van der Waals surface area contributed by atoms with Crippen molar-refractivity contribution < 1.29 is 9.53 Å². The number of anilines is 1. The summed E-state index contributed by atoms with van der Waals surface area (Å²) in [5.41, 5.74) is 0.134. The molecule has 9 heteroatoms. The van der Waals surface area contributed by atoms with Crippen molar-refractivity contribution in [3.05, 3.63) is 16.6 Å². The highest BCUT2D eigenvalue weighted by Crippen LogP contribution is 2.20. The van der Waals surface area contributed by atoms with Gasteiger partial charge in [-0.3, -0.25) is 19.5 Å². The van der Waals surface area contributed by atoms with Crippen LogP contribution < -0.4 is 10.5 Å². The number of ether oxygens (including phenoxy) is 1. The molecule has 1 aliphatic heterocycles. The van der Waals surface area contributed by atoms with Gasteiger partial charge in [0.05, 0.1) is 25.4 Å². The molecule has 1 fully saturated rings. The average Bonchev–Trinajstić information content (AvgIpc) is 3.00. The van der Waals surface area contributed by atoms with Crippen LogP contribution in [0.1, 0.15) is 20.8 Å². The number of fused-ring (bicyclic) bond motifs is 1. The molecule has 0 saturated carbocycles. The summed E-state index contributed by atoms with van der Waals surface area (Å²) < 4.78 is 6.47. The van der Waals surface area contributed by atoms with Crippen molar-refractivity contribution in [2.75, 3.05) is 44.7 Å². The minimum absolute atomic E-state index is 0.188. The molecule has 25 heavy (non-hydrogen) atoms. The zero-order valence-electron chi connectivity index (χ0n) is 15.1. The van der Waals surface area contributed by atoms with Gasteiger partial charge in [0.2, 0.25) is 5.95 Å². The summed E-state index contributed by atoms with van der Waals surface area (Å²) in [4.78, 5) is 35.3. The van der Waals surface area contributed by atoms with Gasteiger partial charge < -0.3 is 9.64 Å². The molecular formula is C16H24N6O3. The van der Waals surface area contributed by atoms with Gasteiger partial charge in [-0.05, 0) is 20.8 Å². The molecule has 0 atom stereocenters. The van der Waals surface area contributed by atoms with Gasteiger partial charge >= 0.3 is 5.97 Å². The maximum Gasteiger partial charge on any atom is 0.319 e. The van der Waals surface area contributed by atoms with E-state index in [4.69, 9.17) is 4.74 Å². The number of aromatic amines is 1. The normalized spacial score (nSPS) is 16.4. The molecule has 1 N–H and O–H groups in total. The van der Waals surface area contributed by atoms with E-state index in [1.165, 1.54) is 7.11 Å². The summed E-state index contributed by atoms with van der Waals surface area (Å²) in [6, 6.07) is 0. The molecule has 1 saturated heterocycles. The standard InChI is InChI=1S/C16H24N6O3/c1-16(2,3)22-13-11(9-17-22)14(24)19-15(18-13)21-7-5-20(6-8-21)10-12(23)25-4/h9H,5-8,10H2,1-4H3,(H,18,19,24). The van der Waals surface area contributed by atoms with Crippen LogP contribution in [0.4, 0.5) is 5.95 Å². The number of methoxy groups -OCH3 is 1. The zero-order chi connectivity index (χ0) is 18.2. The molecule has 136 valence electrons. The van der Waals surface area contributed by atoms with E-state index in [9.17, 15) is 9.59 Å². The van der Waals surface area contributed by atoms with Crippen LogP contribution in [-0.4, -0.2) is 70.5 Å². The van der Waals surface area contributed by atoms with Crippen molar-refractivity contribution in [3.63, 3.8) is 0 Å². The molecule has 9 nitrogen and oxygen atoms in total. The number of carbonyl (C=O) groups excluding carboxylic acids is 1. The van der Waals surface area contributed by atoms with Crippen LogP contribution in [0.15, 0.2) is 11.0 Å². The Kier molecular flexibility index (Phi) is 4.51. The van der Waals surface area contributed by atoms with Crippen LogP contribution in [0.2, 0.25) is 0 Å². The van der Waals surface area contributed by atoms with Crippen LogP contribution >= 0.6 is 0 Å². The van der Waals surface area contributed by atoms with E-state index in [-0.39, 0.29) is 23.6 Å². The number of aromatic nitrogens is 4. The van der Waals surface area contributed by atoms with Crippen molar-refractivity contribution in [3.8, 4) is 0 Å². The lowest BCUT2D eigenvalue weighted by atomic mass is 10.1. The van der Waals surface area contributed by atoms with Crippen molar-refractivity contribution in [1.82, 2.24) is 24.6 Å². The zero-order valence-corrected chi connectivity index (χ0v) is 15.1. The largest absolute Gasteiger partial charge is 0.468 e. The van der Waals surface area contributed by atoms with Crippen molar-refractivity contribution in [2.45, 2.75) is 26.3 Å². The van der Waals surface area contributed by atoms with Crippen LogP contribution in [0, 0.1) is 0 Å². The van der Waals surface area contributed by atoms with E-state index in [0.29, 0.717) is 43.2 Å². The highest BCUT2D eigenvalue weighted by Gasteiger charge is 2.24. The molecular weight excluding hydrogens is 324 g/mol. The Morgan fingerprint density at radius 1 is 1.28 bits per heavy atom. The van der Waals surface area contributed by atoms with Gasteiger partial charge in [0, 0.05) is 26.2 Å². The molecule has 3 heterocycles. The monoisotopic (exact) mass is 348 g/mol.